The maximum Gasteiger partial charge on any atom is 0.304 e. The van der Waals surface area contributed by atoms with Crippen molar-refractivity contribution in [2.24, 2.45) is 0 Å². The molecule has 0 aliphatic carbocycles. The average molecular weight is 243 g/mol. The van der Waals surface area contributed by atoms with Crippen molar-refractivity contribution in [3.63, 3.8) is 0 Å². The van der Waals surface area contributed by atoms with Gasteiger partial charge in [-0.3, -0.25) is 4.79 Å². The fraction of sp³-hybridized carbons (Fsp3) is 0.267. The molecule has 0 heterocycles. The molecule has 3 nitrogen and oxygen atoms in total. The number of nitrogens with one attached hydrogen (secondary N) is 1. The van der Waals surface area contributed by atoms with Crippen LogP contribution in [0.25, 0.3) is 10.8 Å². The molecule has 3 heteroatoms. The van der Waals surface area contributed by atoms with Crippen molar-refractivity contribution in [3.05, 3.63) is 48.0 Å². The number of fused-ring (bicyclic) bond motifs is 1. The van der Waals surface area contributed by atoms with Crippen LogP contribution >= 0.6 is 0 Å². The molecule has 18 heavy (non-hydrogen) atoms. The fourth-order valence-electron chi connectivity index (χ4n) is 2.06. The van der Waals surface area contributed by atoms with E-state index in [9.17, 15) is 4.79 Å². The minimum absolute atomic E-state index is 0.0264. The van der Waals surface area contributed by atoms with E-state index in [2.05, 4.69) is 29.6 Å². The summed E-state index contributed by atoms with van der Waals surface area (Å²) < 4.78 is 0. The molecule has 94 valence electrons. The Balaban J connectivity index is 2.10. The van der Waals surface area contributed by atoms with Gasteiger partial charge in [-0.1, -0.05) is 42.5 Å². The molecule has 0 unspecified atom stereocenters. The highest BCUT2D eigenvalue weighted by Crippen LogP contribution is 2.18. The van der Waals surface area contributed by atoms with Gasteiger partial charge < -0.3 is 10.4 Å². The maximum atomic E-state index is 10.6. The Morgan fingerprint density at radius 3 is 2.72 bits per heavy atom. The second-order valence-electron chi connectivity index (χ2n) is 4.52. The summed E-state index contributed by atoms with van der Waals surface area (Å²) in [6, 6.07) is 14.4. The van der Waals surface area contributed by atoms with Gasteiger partial charge in [-0.15, -0.1) is 0 Å². The first-order valence-electron chi connectivity index (χ1n) is 6.08. The molecule has 0 radical (unpaired) electrons. The Labute approximate surface area is 106 Å². The van der Waals surface area contributed by atoms with E-state index in [0.29, 0.717) is 6.54 Å². The highest BCUT2D eigenvalue weighted by Gasteiger charge is 2.07. The summed E-state index contributed by atoms with van der Waals surface area (Å²) in [7, 11) is 0. The van der Waals surface area contributed by atoms with Gasteiger partial charge in [0, 0.05) is 12.6 Å². The van der Waals surface area contributed by atoms with Crippen LogP contribution in [-0.4, -0.2) is 17.1 Å². The smallest absolute Gasteiger partial charge is 0.304 e. The van der Waals surface area contributed by atoms with Gasteiger partial charge in [-0.05, 0) is 23.3 Å². The van der Waals surface area contributed by atoms with Crippen LogP contribution in [-0.2, 0) is 11.3 Å². The van der Waals surface area contributed by atoms with Gasteiger partial charge in [0.15, 0.2) is 0 Å². The van der Waals surface area contributed by atoms with Gasteiger partial charge in [-0.2, -0.15) is 0 Å². The van der Waals surface area contributed by atoms with Gasteiger partial charge in [0.2, 0.25) is 0 Å². The highest BCUT2D eigenvalue weighted by molar-refractivity contribution is 5.85. The second kappa shape index (κ2) is 5.65. The van der Waals surface area contributed by atoms with Crippen LogP contribution in [0.2, 0.25) is 0 Å². The number of carboxylic acids is 1. The van der Waals surface area contributed by atoms with Crippen LogP contribution in [0, 0.1) is 0 Å². The monoisotopic (exact) mass is 243 g/mol. The number of aliphatic carboxylic acids is 1. The van der Waals surface area contributed by atoms with Crippen molar-refractivity contribution in [3.8, 4) is 0 Å². The molecular weight excluding hydrogens is 226 g/mol. The van der Waals surface area contributed by atoms with E-state index < -0.39 is 5.97 Å². The summed E-state index contributed by atoms with van der Waals surface area (Å²) in [5, 5.41) is 14.4. The van der Waals surface area contributed by atoms with E-state index in [1.807, 2.05) is 25.1 Å². The Morgan fingerprint density at radius 1 is 1.22 bits per heavy atom. The highest BCUT2D eigenvalue weighted by atomic mass is 16.4. The maximum absolute atomic E-state index is 10.6. The van der Waals surface area contributed by atoms with Gasteiger partial charge in [0.1, 0.15) is 0 Å². The molecule has 0 saturated carbocycles. The Hall–Kier alpha value is -1.87. The van der Waals surface area contributed by atoms with Crippen molar-refractivity contribution < 1.29 is 9.90 Å². The molecule has 0 aromatic heterocycles. The largest absolute Gasteiger partial charge is 0.481 e. The topological polar surface area (TPSA) is 49.3 Å². The zero-order chi connectivity index (χ0) is 13.0. The Bertz CT molecular complexity index is 546. The summed E-state index contributed by atoms with van der Waals surface area (Å²) in [6.07, 6.45) is 0.144. The minimum Gasteiger partial charge on any atom is -0.481 e. The fourth-order valence-corrected chi connectivity index (χ4v) is 2.06. The molecule has 2 aromatic carbocycles. The van der Waals surface area contributed by atoms with Crippen LogP contribution in [0.4, 0.5) is 0 Å². The van der Waals surface area contributed by atoms with E-state index in [0.717, 1.165) is 0 Å². The summed E-state index contributed by atoms with van der Waals surface area (Å²) in [5.74, 6) is -0.770. The minimum atomic E-state index is -0.770. The quantitative estimate of drug-likeness (QED) is 0.849. The van der Waals surface area contributed by atoms with E-state index in [1.54, 1.807) is 0 Å². The molecule has 0 fully saturated rings. The molecule has 0 bridgehead atoms. The first kappa shape index (κ1) is 12.6. The van der Waals surface area contributed by atoms with E-state index in [4.69, 9.17) is 5.11 Å². The molecule has 0 aliphatic heterocycles. The third kappa shape index (κ3) is 3.08. The molecule has 0 aliphatic rings. The third-order valence-corrected chi connectivity index (χ3v) is 3.00. The third-order valence-electron chi connectivity index (χ3n) is 3.00. The summed E-state index contributed by atoms with van der Waals surface area (Å²) in [5.41, 5.74) is 1.20. The van der Waals surface area contributed by atoms with Crippen molar-refractivity contribution in [1.29, 1.82) is 0 Å². The predicted octanol–water partition coefficient (Wildman–Crippen LogP) is 2.79. The zero-order valence-corrected chi connectivity index (χ0v) is 10.4. The molecule has 2 N–H and O–H groups in total. The Morgan fingerprint density at radius 2 is 1.94 bits per heavy atom. The van der Waals surface area contributed by atoms with Gasteiger partial charge in [-0.25, -0.2) is 0 Å². The summed E-state index contributed by atoms with van der Waals surface area (Å²) in [4.78, 5) is 10.6. The molecule has 2 aromatic rings. The lowest BCUT2D eigenvalue weighted by Gasteiger charge is -2.13. The SMILES string of the molecule is C[C@@H](CC(=O)O)NCc1cccc2ccccc12. The van der Waals surface area contributed by atoms with Gasteiger partial charge in [0.25, 0.3) is 0 Å². The number of benzene rings is 2. The van der Waals surface area contributed by atoms with Crippen molar-refractivity contribution >= 4 is 16.7 Å². The predicted molar refractivity (Wildman–Crippen MR) is 72.5 cm³/mol. The van der Waals surface area contributed by atoms with E-state index >= 15 is 0 Å². The molecule has 0 spiro atoms. The van der Waals surface area contributed by atoms with Crippen molar-refractivity contribution in [1.82, 2.24) is 5.32 Å². The number of carbonyl (C=O) groups is 1. The van der Waals surface area contributed by atoms with Crippen LogP contribution in [0.15, 0.2) is 42.5 Å². The zero-order valence-electron chi connectivity index (χ0n) is 10.4. The lowest BCUT2D eigenvalue weighted by Crippen LogP contribution is -2.27. The number of carboxylic acid groups (broad SMARTS) is 1. The molecule has 2 rings (SSSR count). The van der Waals surface area contributed by atoms with Gasteiger partial charge in [0.05, 0.1) is 6.42 Å². The van der Waals surface area contributed by atoms with Crippen molar-refractivity contribution in [2.45, 2.75) is 25.9 Å². The van der Waals surface area contributed by atoms with Crippen molar-refractivity contribution in [2.75, 3.05) is 0 Å². The molecule has 0 amide bonds. The lowest BCUT2D eigenvalue weighted by molar-refractivity contribution is -0.137. The van der Waals surface area contributed by atoms with Gasteiger partial charge >= 0.3 is 5.97 Å². The normalized spacial score (nSPS) is 12.5. The first-order chi connectivity index (χ1) is 8.66. The Kier molecular flexibility index (Phi) is 3.95. The van der Waals surface area contributed by atoms with Crippen LogP contribution in [0.5, 0.6) is 0 Å². The van der Waals surface area contributed by atoms with E-state index in [-0.39, 0.29) is 12.5 Å². The van der Waals surface area contributed by atoms with Crippen LogP contribution < -0.4 is 5.32 Å². The lowest BCUT2D eigenvalue weighted by atomic mass is 10.0. The van der Waals surface area contributed by atoms with Crippen LogP contribution in [0.1, 0.15) is 18.9 Å². The number of hydrogen-bond acceptors (Lipinski definition) is 2. The first-order valence-corrected chi connectivity index (χ1v) is 6.08. The second-order valence-corrected chi connectivity index (χ2v) is 4.52. The number of hydrogen-bond donors (Lipinski definition) is 2. The summed E-state index contributed by atoms with van der Waals surface area (Å²) in [6.45, 7) is 2.58. The molecular formula is C15H17NO2. The standard InChI is InChI=1S/C15H17NO2/c1-11(9-15(17)18)16-10-13-7-4-6-12-5-2-3-8-14(12)13/h2-8,11,16H,9-10H2,1H3,(H,17,18)/t11-/m0/s1. The van der Waals surface area contributed by atoms with E-state index in [1.165, 1.54) is 16.3 Å². The molecule has 0 saturated heterocycles. The summed E-state index contributed by atoms with van der Waals surface area (Å²) >= 11 is 0. The van der Waals surface area contributed by atoms with Crippen LogP contribution in [0.3, 0.4) is 0 Å². The number of rotatable bonds is 5. The average Bonchev–Trinajstić information content (AvgIpc) is 2.35. The molecule has 1 atom stereocenters.